The molecule has 4 heteroatoms. The van der Waals surface area contributed by atoms with Crippen LogP contribution in [0.4, 0.5) is 0 Å². The van der Waals surface area contributed by atoms with Crippen molar-refractivity contribution in [1.29, 1.82) is 0 Å². The van der Waals surface area contributed by atoms with Crippen LogP contribution in [0.1, 0.15) is 30.7 Å². The van der Waals surface area contributed by atoms with Crippen LogP contribution in [0.25, 0.3) is 0 Å². The van der Waals surface area contributed by atoms with Gasteiger partial charge in [0, 0.05) is 29.6 Å². The third-order valence-corrected chi connectivity index (χ3v) is 5.75. The summed E-state index contributed by atoms with van der Waals surface area (Å²) in [7, 11) is 0. The molecule has 2 unspecified atom stereocenters. The lowest BCUT2D eigenvalue weighted by Gasteiger charge is -2.34. The second-order valence-corrected chi connectivity index (χ2v) is 7.11. The molecule has 2 atom stereocenters. The monoisotopic (exact) mass is 309 g/mol. The van der Waals surface area contributed by atoms with Crippen molar-refractivity contribution in [3.63, 3.8) is 0 Å². The highest BCUT2D eigenvalue weighted by Crippen LogP contribution is 2.40. The smallest absolute Gasteiger partial charge is 0.231 e. The van der Waals surface area contributed by atoms with Crippen molar-refractivity contribution < 1.29 is 4.79 Å². The number of benzene rings is 1. The van der Waals surface area contributed by atoms with E-state index in [-0.39, 0.29) is 5.92 Å². The van der Waals surface area contributed by atoms with Crippen LogP contribution in [0.15, 0.2) is 29.2 Å². The number of thioether (sulfide) groups is 1. The lowest BCUT2D eigenvalue weighted by Crippen LogP contribution is -2.42. The molecular weight excluding hydrogens is 290 g/mol. The predicted molar refractivity (Wildman–Crippen MR) is 84.5 cm³/mol. The zero-order valence-corrected chi connectivity index (χ0v) is 13.1. The van der Waals surface area contributed by atoms with Crippen molar-refractivity contribution in [3.8, 4) is 0 Å². The largest absolute Gasteiger partial charge is 0.342 e. The van der Waals surface area contributed by atoms with Crippen LogP contribution in [0, 0.1) is 5.92 Å². The standard InChI is InChI=1S/C16H20ClNOS/c17-8-7-12-4-3-9-18(10-12)16(19)14-11-20-15-6-2-1-5-13(14)15/h1-2,5-6,12,14H,3-4,7-11H2. The molecule has 108 valence electrons. The van der Waals surface area contributed by atoms with Gasteiger partial charge in [-0.2, -0.15) is 0 Å². The molecule has 1 aromatic rings. The average Bonchev–Trinajstić information content (AvgIpc) is 2.91. The number of nitrogens with zero attached hydrogens (tertiary/aromatic N) is 1. The molecule has 1 amide bonds. The van der Waals surface area contributed by atoms with E-state index >= 15 is 0 Å². The van der Waals surface area contributed by atoms with E-state index < -0.39 is 0 Å². The summed E-state index contributed by atoms with van der Waals surface area (Å²) in [6.07, 6.45) is 3.36. The highest BCUT2D eigenvalue weighted by molar-refractivity contribution is 7.99. The Morgan fingerprint density at radius 1 is 1.40 bits per heavy atom. The number of likely N-dealkylation sites (tertiary alicyclic amines) is 1. The molecule has 2 aliphatic heterocycles. The maximum absolute atomic E-state index is 12.8. The topological polar surface area (TPSA) is 20.3 Å². The van der Waals surface area contributed by atoms with E-state index in [1.807, 2.05) is 17.8 Å². The maximum atomic E-state index is 12.8. The molecule has 0 aliphatic carbocycles. The minimum Gasteiger partial charge on any atom is -0.342 e. The molecule has 0 N–H and O–H groups in total. The number of rotatable bonds is 3. The highest BCUT2D eigenvalue weighted by atomic mass is 35.5. The second kappa shape index (κ2) is 6.40. The summed E-state index contributed by atoms with van der Waals surface area (Å²) in [4.78, 5) is 16.1. The lowest BCUT2D eigenvalue weighted by atomic mass is 9.93. The van der Waals surface area contributed by atoms with Gasteiger partial charge < -0.3 is 4.90 Å². The van der Waals surface area contributed by atoms with Crippen molar-refractivity contribution in [3.05, 3.63) is 29.8 Å². The Bertz CT molecular complexity index is 491. The number of alkyl halides is 1. The van der Waals surface area contributed by atoms with Gasteiger partial charge in [0.05, 0.1) is 5.92 Å². The Morgan fingerprint density at radius 3 is 3.10 bits per heavy atom. The molecule has 2 nitrogen and oxygen atoms in total. The van der Waals surface area contributed by atoms with Gasteiger partial charge in [0.25, 0.3) is 0 Å². The van der Waals surface area contributed by atoms with Crippen LogP contribution in [0.5, 0.6) is 0 Å². The molecule has 3 rings (SSSR count). The zero-order chi connectivity index (χ0) is 13.9. The number of amides is 1. The van der Waals surface area contributed by atoms with E-state index in [1.165, 1.54) is 16.9 Å². The summed E-state index contributed by atoms with van der Waals surface area (Å²) in [6, 6.07) is 8.32. The number of carbonyl (C=O) groups is 1. The third-order valence-electron chi connectivity index (χ3n) is 4.35. The average molecular weight is 310 g/mol. The Balaban J connectivity index is 1.70. The van der Waals surface area contributed by atoms with Gasteiger partial charge >= 0.3 is 0 Å². The third kappa shape index (κ3) is 2.84. The van der Waals surface area contributed by atoms with Crippen LogP contribution in [0.3, 0.4) is 0 Å². The van der Waals surface area contributed by atoms with Crippen LogP contribution in [0.2, 0.25) is 0 Å². The minimum atomic E-state index is 0.0611. The molecule has 20 heavy (non-hydrogen) atoms. The Kier molecular flexibility index (Phi) is 4.57. The molecule has 0 aromatic heterocycles. The van der Waals surface area contributed by atoms with E-state index in [1.54, 1.807) is 0 Å². The van der Waals surface area contributed by atoms with Crippen molar-refractivity contribution in [1.82, 2.24) is 4.90 Å². The number of halogens is 1. The summed E-state index contributed by atoms with van der Waals surface area (Å²) < 4.78 is 0. The minimum absolute atomic E-state index is 0.0611. The Hall–Kier alpha value is -0.670. The number of piperidine rings is 1. The van der Waals surface area contributed by atoms with Crippen LogP contribution in [-0.4, -0.2) is 35.5 Å². The fourth-order valence-corrected chi connectivity index (χ4v) is 4.77. The van der Waals surface area contributed by atoms with E-state index in [0.717, 1.165) is 31.7 Å². The van der Waals surface area contributed by atoms with E-state index in [2.05, 4.69) is 23.1 Å². The SMILES string of the molecule is O=C(C1CSc2ccccc21)N1CCCC(CCCl)C1. The normalized spacial score (nSPS) is 25.6. The molecule has 0 spiro atoms. The first-order valence-electron chi connectivity index (χ1n) is 7.36. The van der Waals surface area contributed by atoms with Gasteiger partial charge in [-0.3, -0.25) is 4.79 Å². The Labute approximate surface area is 129 Å². The fourth-order valence-electron chi connectivity index (χ4n) is 3.24. The van der Waals surface area contributed by atoms with Gasteiger partial charge in [-0.05, 0) is 36.8 Å². The van der Waals surface area contributed by atoms with Gasteiger partial charge in [-0.15, -0.1) is 23.4 Å². The van der Waals surface area contributed by atoms with Crippen molar-refractivity contribution >= 4 is 29.3 Å². The first-order valence-corrected chi connectivity index (χ1v) is 8.88. The molecule has 0 radical (unpaired) electrons. The quantitative estimate of drug-likeness (QED) is 0.793. The summed E-state index contributed by atoms with van der Waals surface area (Å²) in [6.45, 7) is 1.82. The first kappa shape index (κ1) is 14.3. The van der Waals surface area contributed by atoms with Crippen molar-refractivity contribution in [2.24, 2.45) is 5.92 Å². The van der Waals surface area contributed by atoms with E-state index in [9.17, 15) is 4.79 Å². The molecule has 1 fully saturated rings. The second-order valence-electron chi connectivity index (χ2n) is 5.67. The summed E-state index contributed by atoms with van der Waals surface area (Å²) in [5.41, 5.74) is 1.22. The van der Waals surface area contributed by atoms with Crippen molar-refractivity contribution in [2.45, 2.75) is 30.1 Å². The van der Waals surface area contributed by atoms with Gasteiger partial charge in [0.15, 0.2) is 0 Å². The number of carbonyl (C=O) groups excluding carboxylic acids is 1. The summed E-state index contributed by atoms with van der Waals surface area (Å²) >= 11 is 7.66. The molecule has 2 aliphatic rings. The van der Waals surface area contributed by atoms with Gasteiger partial charge in [0.2, 0.25) is 5.91 Å². The van der Waals surface area contributed by atoms with Crippen LogP contribution < -0.4 is 0 Å². The molecule has 0 bridgehead atoms. The lowest BCUT2D eigenvalue weighted by molar-refractivity contribution is -0.134. The fraction of sp³-hybridized carbons (Fsp3) is 0.562. The molecular formula is C16H20ClNOS. The number of hydrogen-bond acceptors (Lipinski definition) is 2. The van der Waals surface area contributed by atoms with E-state index in [0.29, 0.717) is 17.7 Å². The summed E-state index contributed by atoms with van der Waals surface area (Å²) in [5.74, 6) is 2.58. The van der Waals surface area contributed by atoms with Gasteiger partial charge in [-0.1, -0.05) is 18.2 Å². The van der Waals surface area contributed by atoms with Crippen LogP contribution >= 0.6 is 23.4 Å². The number of hydrogen-bond donors (Lipinski definition) is 0. The van der Waals surface area contributed by atoms with Gasteiger partial charge in [0.1, 0.15) is 0 Å². The number of fused-ring (bicyclic) bond motifs is 1. The van der Waals surface area contributed by atoms with E-state index in [4.69, 9.17) is 11.6 Å². The molecule has 1 saturated heterocycles. The summed E-state index contributed by atoms with van der Waals surface area (Å²) in [5, 5.41) is 0. The zero-order valence-electron chi connectivity index (χ0n) is 11.6. The van der Waals surface area contributed by atoms with Gasteiger partial charge in [-0.25, -0.2) is 0 Å². The molecule has 2 heterocycles. The predicted octanol–water partition coefficient (Wildman–Crippen LogP) is 3.74. The Morgan fingerprint density at radius 2 is 2.25 bits per heavy atom. The first-order chi connectivity index (χ1) is 9.79. The van der Waals surface area contributed by atoms with Crippen molar-refractivity contribution in [2.75, 3.05) is 24.7 Å². The molecule has 1 aromatic carbocycles. The maximum Gasteiger partial charge on any atom is 0.231 e. The highest BCUT2D eigenvalue weighted by Gasteiger charge is 2.34. The molecule has 0 saturated carbocycles. The van der Waals surface area contributed by atoms with Crippen LogP contribution in [-0.2, 0) is 4.79 Å².